The molecular formula is C30H35BrClN3O4S. The maximum Gasteiger partial charge on any atom is 0.264 e. The molecular weight excluding hydrogens is 614 g/mol. The highest BCUT2D eigenvalue weighted by molar-refractivity contribution is 9.10. The molecule has 0 aliphatic rings. The van der Waals surface area contributed by atoms with Gasteiger partial charge in [-0.15, -0.1) is 0 Å². The molecule has 2 amide bonds. The second-order valence-corrected chi connectivity index (χ2v) is 13.1. The lowest BCUT2D eigenvalue weighted by Crippen LogP contribution is -2.52. The zero-order valence-corrected chi connectivity index (χ0v) is 26.5. The van der Waals surface area contributed by atoms with Crippen LogP contribution in [0.1, 0.15) is 43.9 Å². The fourth-order valence-electron chi connectivity index (χ4n) is 4.13. The second-order valence-electron chi connectivity index (χ2n) is 9.90. The van der Waals surface area contributed by atoms with Gasteiger partial charge < -0.3 is 10.2 Å². The number of rotatable bonds is 11. The molecule has 7 nitrogen and oxygen atoms in total. The van der Waals surface area contributed by atoms with Gasteiger partial charge in [0, 0.05) is 22.1 Å². The fraction of sp³-hybridized carbons (Fsp3) is 0.333. The minimum atomic E-state index is -4.15. The highest BCUT2D eigenvalue weighted by atomic mass is 79.9. The Morgan fingerprint density at radius 1 is 1.00 bits per heavy atom. The minimum Gasteiger partial charge on any atom is -0.352 e. The number of anilines is 1. The van der Waals surface area contributed by atoms with Gasteiger partial charge in [-0.2, -0.15) is 0 Å². The van der Waals surface area contributed by atoms with Gasteiger partial charge in [0.05, 0.1) is 10.6 Å². The summed E-state index contributed by atoms with van der Waals surface area (Å²) in [5.41, 5.74) is 2.63. The number of aryl methyl sites for hydroxylation is 2. The zero-order chi connectivity index (χ0) is 29.6. The summed E-state index contributed by atoms with van der Waals surface area (Å²) in [5.74, 6) is -0.829. The molecule has 40 heavy (non-hydrogen) atoms. The van der Waals surface area contributed by atoms with E-state index in [0.29, 0.717) is 16.3 Å². The van der Waals surface area contributed by atoms with E-state index in [9.17, 15) is 18.0 Å². The topological polar surface area (TPSA) is 86.8 Å². The largest absolute Gasteiger partial charge is 0.352 e. The van der Waals surface area contributed by atoms with E-state index >= 15 is 0 Å². The molecule has 0 saturated carbocycles. The smallest absolute Gasteiger partial charge is 0.264 e. The molecule has 3 aromatic rings. The van der Waals surface area contributed by atoms with Crippen LogP contribution < -0.4 is 9.62 Å². The van der Waals surface area contributed by atoms with Gasteiger partial charge >= 0.3 is 0 Å². The van der Waals surface area contributed by atoms with Crippen LogP contribution in [0.3, 0.4) is 0 Å². The Kier molecular flexibility index (Phi) is 10.8. The van der Waals surface area contributed by atoms with Gasteiger partial charge in [-0.3, -0.25) is 13.9 Å². The lowest BCUT2D eigenvalue weighted by atomic mass is 10.1. The Balaban J connectivity index is 2.06. The zero-order valence-electron chi connectivity index (χ0n) is 23.3. The van der Waals surface area contributed by atoms with E-state index < -0.39 is 28.5 Å². The number of sulfonamides is 1. The SMILES string of the molecule is CC[C@H](C)NC(=O)[C@H](C)N(Cc1cccc(Br)c1)C(=O)CN(c1ccc(Cl)cc1C)S(=O)(=O)c1ccc(C)cc1. The maximum atomic E-state index is 14.0. The third-order valence-corrected chi connectivity index (χ3v) is 9.23. The third-order valence-electron chi connectivity index (χ3n) is 6.73. The first-order valence-corrected chi connectivity index (χ1v) is 15.6. The van der Waals surface area contributed by atoms with E-state index in [0.717, 1.165) is 26.3 Å². The van der Waals surface area contributed by atoms with Crippen LogP contribution in [0.2, 0.25) is 5.02 Å². The van der Waals surface area contributed by atoms with Gasteiger partial charge in [-0.05, 0) is 87.7 Å². The van der Waals surface area contributed by atoms with Crippen molar-refractivity contribution in [2.75, 3.05) is 10.8 Å². The highest BCUT2D eigenvalue weighted by Gasteiger charge is 2.33. The second kappa shape index (κ2) is 13.7. The van der Waals surface area contributed by atoms with Crippen molar-refractivity contribution in [3.63, 3.8) is 0 Å². The normalized spacial score (nSPS) is 12.9. The number of benzene rings is 3. The summed E-state index contributed by atoms with van der Waals surface area (Å²) < 4.78 is 29.9. The summed E-state index contributed by atoms with van der Waals surface area (Å²) in [6.45, 7) is 8.73. The molecule has 0 aliphatic carbocycles. The predicted molar refractivity (Wildman–Crippen MR) is 164 cm³/mol. The summed E-state index contributed by atoms with van der Waals surface area (Å²) in [5, 5.41) is 3.39. The number of hydrogen-bond acceptors (Lipinski definition) is 4. The summed E-state index contributed by atoms with van der Waals surface area (Å²) in [6, 6.07) is 17.8. The predicted octanol–water partition coefficient (Wildman–Crippen LogP) is 6.25. The molecule has 214 valence electrons. The maximum absolute atomic E-state index is 14.0. The van der Waals surface area contributed by atoms with Crippen LogP contribution in [0, 0.1) is 13.8 Å². The first-order valence-electron chi connectivity index (χ1n) is 13.0. The highest BCUT2D eigenvalue weighted by Crippen LogP contribution is 2.29. The Morgan fingerprint density at radius 3 is 2.27 bits per heavy atom. The van der Waals surface area contributed by atoms with Crippen LogP contribution in [-0.4, -0.2) is 43.8 Å². The molecule has 10 heteroatoms. The van der Waals surface area contributed by atoms with Crippen molar-refractivity contribution in [2.24, 2.45) is 0 Å². The average Bonchev–Trinajstić information content (AvgIpc) is 2.90. The molecule has 0 spiro atoms. The molecule has 0 heterocycles. The van der Waals surface area contributed by atoms with Crippen molar-refractivity contribution in [3.05, 3.63) is 92.9 Å². The first-order chi connectivity index (χ1) is 18.8. The molecule has 3 aromatic carbocycles. The van der Waals surface area contributed by atoms with Crippen LogP contribution in [0.15, 0.2) is 76.1 Å². The standard InChI is InChI=1S/C30H35BrClN3O4S/c1-6-22(4)33-30(37)23(5)34(18-24-8-7-9-25(31)17-24)29(36)19-35(28-15-12-26(32)16-21(28)3)40(38,39)27-13-10-20(2)11-14-27/h7-17,22-23H,6,18-19H2,1-5H3,(H,33,37)/t22-,23-/m0/s1. The molecule has 0 radical (unpaired) electrons. The summed E-state index contributed by atoms with van der Waals surface area (Å²) in [4.78, 5) is 28.7. The number of hydrogen-bond donors (Lipinski definition) is 1. The van der Waals surface area contributed by atoms with Crippen LogP contribution in [0.5, 0.6) is 0 Å². The van der Waals surface area contributed by atoms with Crippen molar-refractivity contribution in [3.8, 4) is 0 Å². The number of carbonyl (C=O) groups excluding carboxylic acids is 2. The average molecular weight is 649 g/mol. The number of nitrogens with one attached hydrogen (secondary N) is 1. The Hall–Kier alpha value is -2.88. The van der Waals surface area contributed by atoms with Gasteiger partial charge in [-0.1, -0.05) is 64.3 Å². The lowest BCUT2D eigenvalue weighted by Gasteiger charge is -2.33. The molecule has 0 unspecified atom stereocenters. The Bertz CT molecular complexity index is 1460. The molecule has 0 aliphatic heterocycles. The molecule has 0 saturated heterocycles. The van der Waals surface area contributed by atoms with Gasteiger partial charge in [0.25, 0.3) is 10.0 Å². The molecule has 0 fully saturated rings. The van der Waals surface area contributed by atoms with Crippen LogP contribution >= 0.6 is 27.5 Å². The van der Waals surface area contributed by atoms with Gasteiger partial charge in [0.15, 0.2) is 0 Å². The van der Waals surface area contributed by atoms with Crippen LogP contribution in [0.4, 0.5) is 5.69 Å². The van der Waals surface area contributed by atoms with Gasteiger partial charge in [0.2, 0.25) is 11.8 Å². The Labute approximate surface area is 250 Å². The minimum absolute atomic E-state index is 0.0568. The summed E-state index contributed by atoms with van der Waals surface area (Å²) in [7, 11) is -4.15. The first kappa shape index (κ1) is 31.6. The van der Waals surface area contributed by atoms with E-state index in [1.807, 2.05) is 45.0 Å². The van der Waals surface area contributed by atoms with Crippen molar-refractivity contribution in [2.45, 2.75) is 64.6 Å². The van der Waals surface area contributed by atoms with Crippen LogP contribution in [0.25, 0.3) is 0 Å². The summed E-state index contributed by atoms with van der Waals surface area (Å²) in [6.07, 6.45) is 0.733. The van der Waals surface area contributed by atoms with Crippen molar-refractivity contribution >= 4 is 55.1 Å². The fourth-order valence-corrected chi connectivity index (χ4v) is 6.28. The molecule has 3 rings (SSSR count). The monoisotopic (exact) mass is 647 g/mol. The van der Waals surface area contributed by atoms with Crippen molar-refractivity contribution in [1.82, 2.24) is 10.2 Å². The van der Waals surface area contributed by atoms with E-state index in [-0.39, 0.29) is 23.4 Å². The van der Waals surface area contributed by atoms with E-state index in [2.05, 4.69) is 21.2 Å². The van der Waals surface area contributed by atoms with Crippen molar-refractivity contribution < 1.29 is 18.0 Å². The van der Waals surface area contributed by atoms with Crippen LogP contribution in [-0.2, 0) is 26.2 Å². The Morgan fingerprint density at radius 2 is 1.68 bits per heavy atom. The number of carbonyl (C=O) groups is 2. The molecule has 0 aromatic heterocycles. The number of nitrogens with zero attached hydrogens (tertiary/aromatic N) is 2. The quantitative estimate of drug-likeness (QED) is 0.267. The summed E-state index contributed by atoms with van der Waals surface area (Å²) >= 11 is 9.63. The molecule has 2 atom stereocenters. The number of halogens is 2. The third kappa shape index (κ3) is 7.86. The van der Waals surface area contributed by atoms with Crippen molar-refractivity contribution in [1.29, 1.82) is 0 Å². The van der Waals surface area contributed by atoms with E-state index in [4.69, 9.17) is 11.6 Å². The molecule has 1 N–H and O–H groups in total. The van der Waals surface area contributed by atoms with Gasteiger partial charge in [-0.25, -0.2) is 8.42 Å². The van der Waals surface area contributed by atoms with E-state index in [1.165, 1.54) is 17.0 Å². The lowest BCUT2D eigenvalue weighted by molar-refractivity contribution is -0.139. The number of amides is 2. The van der Waals surface area contributed by atoms with Gasteiger partial charge in [0.1, 0.15) is 12.6 Å². The molecule has 0 bridgehead atoms. The van der Waals surface area contributed by atoms with E-state index in [1.54, 1.807) is 44.2 Å².